The topological polar surface area (TPSA) is 59.3 Å². The SMILES string of the molecule is COc1ccc(/C=C(\C#N)C(=O)OCc2ccc(C(C)(C)C)cc2)cc1. The zero-order valence-electron chi connectivity index (χ0n) is 15.6. The third-order valence-electron chi connectivity index (χ3n) is 3.96. The molecule has 0 aliphatic rings. The molecule has 0 saturated heterocycles. The second-order valence-corrected chi connectivity index (χ2v) is 6.97. The van der Waals surface area contributed by atoms with Crippen LogP contribution in [0.4, 0.5) is 0 Å². The van der Waals surface area contributed by atoms with Gasteiger partial charge in [-0.15, -0.1) is 0 Å². The van der Waals surface area contributed by atoms with Crippen molar-refractivity contribution in [1.29, 1.82) is 5.26 Å². The Morgan fingerprint density at radius 3 is 2.19 bits per heavy atom. The van der Waals surface area contributed by atoms with Crippen LogP contribution in [-0.2, 0) is 21.6 Å². The Morgan fingerprint density at radius 2 is 1.69 bits per heavy atom. The molecule has 2 rings (SSSR count). The summed E-state index contributed by atoms with van der Waals surface area (Å²) in [5, 5.41) is 9.24. The molecule has 0 N–H and O–H groups in total. The van der Waals surface area contributed by atoms with E-state index in [0.29, 0.717) is 5.75 Å². The fourth-order valence-electron chi connectivity index (χ4n) is 2.33. The third kappa shape index (κ3) is 5.22. The fourth-order valence-corrected chi connectivity index (χ4v) is 2.33. The largest absolute Gasteiger partial charge is 0.497 e. The van der Waals surface area contributed by atoms with Crippen molar-refractivity contribution < 1.29 is 14.3 Å². The number of carbonyl (C=O) groups is 1. The quantitative estimate of drug-likeness (QED) is 0.448. The van der Waals surface area contributed by atoms with Crippen LogP contribution in [-0.4, -0.2) is 13.1 Å². The van der Waals surface area contributed by atoms with Gasteiger partial charge in [-0.1, -0.05) is 57.2 Å². The van der Waals surface area contributed by atoms with Gasteiger partial charge < -0.3 is 9.47 Å². The van der Waals surface area contributed by atoms with Gasteiger partial charge >= 0.3 is 5.97 Å². The van der Waals surface area contributed by atoms with Crippen LogP contribution in [0.3, 0.4) is 0 Å². The molecule has 0 heterocycles. The summed E-state index contributed by atoms with van der Waals surface area (Å²) in [6.45, 7) is 6.56. The van der Waals surface area contributed by atoms with Crippen molar-refractivity contribution in [2.45, 2.75) is 32.8 Å². The number of hydrogen-bond acceptors (Lipinski definition) is 4. The highest BCUT2D eigenvalue weighted by Crippen LogP contribution is 2.22. The van der Waals surface area contributed by atoms with Crippen molar-refractivity contribution in [3.05, 3.63) is 70.8 Å². The van der Waals surface area contributed by atoms with Gasteiger partial charge in [0.15, 0.2) is 0 Å². The van der Waals surface area contributed by atoms with E-state index in [4.69, 9.17) is 9.47 Å². The van der Waals surface area contributed by atoms with Crippen LogP contribution in [0.5, 0.6) is 5.75 Å². The van der Waals surface area contributed by atoms with Crippen LogP contribution in [0.15, 0.2) is 54.1 Å². The van der Waals surface area contributed by atoms with E-state index in [1.54, 1.807) is 31.4 Å². The lowest BCUT2D eigenvalue weighted by atomic mass is 9.87. The van der Waals surface area contributed by atoms with E-state index in [2.05, 4.69) is 20.8 Å². The van der Waals surface area contributed by atoms with Crippen molar-refractivity contribution in [3.8, 4) is 11.8 Å². The molecule has 0 fully saturated rings. The van der Waals surface area contributed by atoms with Crippen LogP contribution < -0.4 is 4.74 Å². The molecule has 0 unspecified atom stereocenters. The Bertz CT molecular complexity index is 820. The minimum atomic E-state index is -0.636. The molecular weight excluding hydrogens is 326 g/mol. The molecule has 0 spiro atoms. The molecule has 0 atom stereocenters. The zero-order valence-corrected chi connectivity index (χ0v) is 15.6. The molecule has 0 aliphatic carbocycles. The maximum atomic E-state index is 12.2. The molecule has 0 saturated carbocycles. The number of hydrogen-bond donors (Lipinski definition) is 0. The molecule has 134 valence electrons. The lowest BCUT2D eigenvalue weighted by molar-refractivity contribution is -0.139. The van der Waals surface area contributed by atoms with Crippen LogP contribution in [0.25, 0.3) is 6.08 Å². The van der Waals surface area contributed by atoms with E-state index in [-0.39, 0.29) is 17.6 Å². The van der Waals surface area contributed by atoms with Gasteiger partial charge in [-0.3, -0.25) is 0 Å². The van der Waals surface area contributed by atoms with E-state index >= 15 is 0 Å². The van der Waals surface area contributed by atoms with Crippen LogP contribution in [0.2, 0.25) is 0 Å². The van der Waals surface area contributed by atoms with Gasteiger partial charge in [0.05, 0.1) is 7.11 Å². The summed E-state index contributed by atoms with van der Waals surface area (Å²) in [6.07, 6.45) is 1.50. The molecule has 4 nitrogen and oxygen atoms in total. The van der Waals surface area contributed by atoms with Crippen LogP contribution in [0, 0.1) is 11.3 Å². The number of ether oxygens (including phenoxy) is 2. The molecule has 4 heteroatoms. The molecule has 0 aromatic heterocycles. The van der Waals surface area contributed by atoms with Gasteiger partial charge in [-0.25, -0.2) is 4.79 Å². The minimum Gasteiger partial charge on any atom is -0.497 e. The smallest absolute Gasteiger partial charge is 0.349 e. The Balaban J connectivity index is 2.02. The van der Waals surface area contributed by atoms with Crippen LogP contribution in [0.1, 0.15) is 37.5 Å². The highest BCUT2D eigenvalue weighted by atomic mass is 16.5. The highest BCUT2D eigenvalue weighted by molar-refractivity contribution is 5.97. The van der Waals surface area contributed by atoms with Crippen molar-refractivity contribution in [1.82, 2.24) is 0 Å². The summed E-state index contributed by atoms with van der Waals surface area (Å²) in [5.41, 5.74) is 2.86. The minimum absolute atomic E-state index is 0.0403. The molecule has 2 aromatic rings. The molecule has 0 aliphatic heterocycles. The third-order valence-corrected chi connectivity index (χ3v) is 3.96. The van der Waals surface area contributed by atoms with Gasteiger partial charge in [0, 0.05) is 0 Å². The van der Waals surface area contributed by atoms with Gasteiger partial charge in [-0.05, 0) is 40.3 Å². The number of methoxy groups -OCH3 is 1. The summed E-state index contributed by atoms with van der Waals surface area (Å²) in [5.74, 6) is 0.0742. The molecule has 0 radical (unpaired) electrons. The number of carbonyl (C=O) groups excluding carboxylic acids is 1. The Kier molecular flexibility index (Phi) is 6.19. The average molecular weight is 349 g/mol. The average Bonchev–Trinajstić information content (AvgIpc) is 2.64. The van der Waals surface area contributed by atoms with E-state index < -0.39 is 5.97 Å². The first kappa shape index (κ1) is 19.3. The highest BCUT2D eigenvalue weighted by Gasteiger charge is 2.14. The second kappa shape index (κ2) is 8.35. The van der Waals surface area contributed by atoms with E-state index in [1.807, 2.05) is 30.3 Å². The van der Waals surface area contributed by atoms with Gasteiger partial charge in [0.1, 0.15) is 24.0 Å². The summed E-state index contributed by atoms with van der Waals surface area (Å²) in [6, 6.07) is 16.9. The number of nitrogens with zero attached hydrogens (tertiary/aromatic N) is 1. The maximum Gasteiger partial charge on any atom is 0.349 e. The molecule has 26 heavy (non-hydrogen) atoms. The van der Waals surface area contributed by atoms with Crippen molar-refractivity contribution in [3.63, 3.8) is 0 Å². The van der Waals surface area contributed by atoms with E-state index in [1.165, 1.54) is 11.6 Å². The standard InChI is InChI=1S/C22H23NO3/c1-22(2,3)19-9-5-17(6-10-19)15-26-21(24)18(14-23)13-16-7-11-20(25-4)12-8-16/h5-13H,15H2,1-4H3/b18-13+. The first-order valence-corrected chi connectivity index (χ1v) is 8.36. The number of nitriles is 1. The van der Waals surface area contributed by atoms with Crippen molar-refractivity contribution in [2.75, 3.05) is 7.11 Å². The summed E-state index contributed by atoms with van der Waals surface area (Å²) >= 11 is 0. The first-order chi connectivity index (χ1) is 12.3. The normalized spacial score (nSPS) is 11.6. The number of benzene rings is 2. The predicted molar refractivity (Wildman–Crippen MR) is 102 cm³/mol. The van der Waals surface area contributed by atoms with E-state index in [0.717, 1.165) is 11.1 Å². The first-order valence-electron chi connectivity index (χ1n) is 8.36. The molecule has 0 amide bonds. The zero-order chi connectivity index (χ0) is 19.2. The Labute approximate surface area is 154 Å². The lowest BCUT2D eigenvalue weighted by Crippen LogP contribution is -2.11. The van der Waals surface area contributed by atoms with Crippen molar-refractivity contribution >= 4 is 12.0 Å². The number of esters is 1. The summed E-state index contributed by atoms with van der Waals surface area (Å²) < 4.78 is 10.4. The summed E-state index contributed by atoms with van der Waals surface area (Å²) in [7, 11) is 1.58. The monoisotopic (exact) mass is 349 g/mol. The maximum absolute atomic E-state index is 12.2. The Morgan fingerprint density at radius 1 is 1.08 bits per heavy atom. The Hall–Kier alpha value is -3.06. The molecule has 0 bridgehead atoms. The fraction of sp³-hybridized carbons (Fsp3) is 0.273. The second-order valence-electron chi connectivity index (χ2n) is 6.97. The molecular formula is C22H23NO3. The number of rotatable bonds is 5. The lowest BCUT2D eigenvalue weighted by Gasteiger charge is -2.19. The van der Waals surface area contributed by atoms with Gasteiger partial charge in [0.25, 0.3) is 0 Å². The van der Waals surface area contributed by atoms with Gasteiger partial charge in [-0.2, -0.15) is 5.26 Å². The van der Waals surface area contributed by atoms with E-state index in [9.17, 15) is 10.1 Å². The molecule has 2 aromatic carbocycles. The van der Waals surface area contributed by atoms with Crippen LogP contribution >= 0.6 is 0 Å². The summed E-state index contributed by atoms with van der Waals surface area (Å²) in [4.78, 5) is 12.2. The van der Waals surface area contributed by atoms with Gasteiger partial charge in [0.2, 0.25) is 0 Å². The van der Waals surface area contributed by atoms with Crippen molar-refractivity contribution in [2.24, 2.45) is 0 Å². The predicted octanol–water partition coefficient (Wildman–Crippen LogP) is 4.64.